The number of nitrogens with one attached hydrogen (secondary N) is 1. The molecular formula is C14H25F3N2O. The minimum absolute atomic E-state index is 0.0641. The molecule has 2 rings (SSSR count). The lowest BCUT2D eigenvalue weighted by Gasteiger charge is -2.29. The Morgan fingerprint density at radius 3 is 2.35 bits per heavy atom. The first-order valence-corrected chi connectivity index (χ1v) is 7.53. The maximum atomic E-state index is 12.5. The molecule has 2 atom stereocenters. The van der Waals surface area contributed by atoms with E-state index in [9.17, 15) is 13.2 Å². The highest BCUT2D eigenvalue weighted by molar-refractivity contribution is 4.85. The van der Waals surface area contributed by atoms with Gasteiger partial charge in [-0.1, -0.05) is 0 Å². The second kappa shape index (κ2) is 6.62. The van der Waals surface area contributed by atoms with Crippen LogP contribution in [0.2, 0.25) is 0 Å². The molecule has 0 bridgehead atoms. The Bertz CT molecular complexity index is 305. The zero-order valence-electron chi connectivity index (χ0n) is 12.2. The molecule has 1 aliphatic carbocycles. The molecule has 1 heterocycles. The quantitative estimate of drug-likeness (QED) is 0.781. The van der Waals surface area contributed by atoms with Crippen LogP contribution in [0.4, 0.5) is 13.2 Å². The molecule has 0 amide bonds. The van der Waals surface area contributed by atoms with Gasteiger partial charge in [0.1, 0.15) is 0 Å². The van der Waals surface area contributed by atoms with E-state index in [0.29, 0.717) is 12.6 Å². The van der Waals surface area contributed by atoms with Crippen LogP contribution in [-0.4, -0.2) is 55.0 Å². The van der Waals surface area contributed by atoms with Crippen molar-refractivity contribution in [3.8, 4) is 0 Å². The van der Waals surface area contributed by atoms with Crippen LogP contribution in [0.5, 0.6) is 0 Å². The third-order valence-corrected chi connectivity index (χ3v) is 3.96. The van der Waals surface area contributed by atoms with Crippen molar-refractivity contribution in [2.24, 2.45) is 0 Å². The van der Waals surface area contributed by atoms with Crippen LogP contribution in [-0.2, 0) is 4.74 Å². The molecular weight excluding hydrogens is 269 g/mol. The van der Waals surface area contributed by atoms with Crippen LogP contribution < -0.4 is 5.32 Å². The summed E-state index contributed by atoms with van der Waals surface area (Å²) in [5.41, 5.74) is 0. The third kappa shape index (κ3) is 5.58. The molecule has 20 heavy (non-hydrogen) atoms. The molecule has 118 valence electrons. The summed E-state index contributed by atoms with van der Waals surface area (Å²) in [5, 5.41) is 3.41. The average molecular weight is 294 g/mol. The summed E-state index contributed by atoms with van der Waals surface area (Å²) >= 11 is 0. The van der Waals surface area contributed by atoms with Crippen molar-refractivity contribution in [3.63, 3.8) is 0 Å². The SMILES string of the molecule is CC(C)N(CC1CCC(CNC2CC2)O1)CC(F)(F)F. The number of ether oxygens (including phenoxy) is 1. The zero-order chi connectivity index (χ0) is 14.8. The van der Waals surface area contributed by atoms with Crippen molar-refractivity contribution in [3.05, 3.63) is 0 Å². The van der Waals surface area contributed by atoms with Crippen molar-refractivity contribution in [2.45, 2.75) is 70.0 Å². The summed E-state index contributed by atoms with van der Waals surface area (Å²) in [5.74, 6) is 0. The van der Waals surface area contributed by atoms with Crippen molar-refractivity contribution in [2.75, 3.05) is 19.6 Å². The van der Waals surface area contributed by atoms with E-state index >= 15 is 0 Å². The number of hydrogen-bond donors (Lipinski definition) is 1. The van der Waals surface area contributed by atoms with Crippen molar-refractivity contribution >= 4 is 0 Å². The normalized spacial score (nSPS) is 27.8. The fraction of sp³-hybridized carbons (Fsp3) is 1.00. The molecule has 1 N–H and O–H groups in total. The number of halogens is 3. The molecule has 0 spiro atoms. The predicted octanol–water partition coefficient (Wildman–Crippen LogP) is 2.56. The first kappa shape index (κ1) is 16.0. The number of hydrogen-bond acceptors (Lipinski definition) is 3. The molecule has 2 fully saturated rings. The van der Waals surface area contributed by atoms with E-state index in [1.165, 1.54) is 17.7 Å². The predicted molar refractivity (Wildman–Crippen MR) is 71.7 cm³/mol. The topological polar surface area (TPSA) is 24.5 Å². The summed E-state index contributed by atoms with van der Waals surface area (Å²) < 4.78 is 43.5. The van der Waals surface area contributed by atoms with Crippen LogP contribution in [0.15, 0.2) is 0 Å². The molecule has 2 unspecified atom stereocenters. The fourth-order valence-corrected chi connectivity index (χ4v) is 2.60. The van der Waals surface area contributed by atoms with Crippen LogP contribution in [0, 0.1) is 0 Å². The smallest absolute Gasteiger partial charge is 0.372 e. The van der Waals surface area contributed by atoms with Crippen LogP contribution in [0.25, 0.3) is 0 Å². The Hall–Kier alpha value is -0.330. The first-order chi connectivity index (χ1) is 9.33. The van der Waals surface area contributed by atoms with Crippen LogP contribution in [0.1, 0.15) is 39.5 Å². The molecule has 0 aromatic heterocycles. The Morgan fingerprint density at radius 1 is 1.15 bits per heavy atom. The molecule has 1 saturated carbocycles. The third-order valence-electron chi connectivity index (χ3n) is 3.96. The lowest BCUT2D eigenvalue weighted by Crippen LogP contribution is -2.43. The van der Waals surface area contributed by atoms with Gasteiger partial charge in [0.05, 0.1) is 18.8 Å². The van der Waals surface area contributed by atoms with E-state index < -0.39 is 12.7 Å². The Morgan fingerprint density at radius 2 is 1.80 bits per heavy atom. The monoisotopic (exact) mass is 294 g/mol. The van der Waals surface area contributed by atoms with Crippen LogP contribution in [0.3, 0.4) is 0 Å². The molecule has 3 nitrogen and oxygen atoms in total. The summed E-state index contributed by atoms with van der Waals surface area (Å²) in [6, 6.07) is 0.527. The second-order valence-electron chi connectivity index (χ2n) is 6.28. The molecule has 0 aromatic rings. The van der Waals surface area contributed by atoms with Gasteiger partial charge in [0.2, 0.25) is 0 Å². The lowest BCUT2D eigenvalue weighted by atomic mass is 10.1. The van der Waals surface area contributed by atoms with Gasteiger partial charge in [0, 0.05) is 25.2 Å². The van der Waals surface area contributed by atoms with Gasteiger partial charge in [-0.2, -0.15) is 13.2 Å². The Labute approximate surface area is 118 Å². The molecule has 2 aliphatic rings. The van der Waals surface area contributed by atoms with Gasteiger partial charge in [-0.3, -0.25) is 4.90 Å². The van der Waals surface area contributed by atoms with Gasteiger partial charge in [-0.25, -0.2) is 0 Å². The summed E-state index contributed by atoms with van der Waals surface area (Å²) in [6.07, 6.45) is 0.244. The molecule has 1 aliphatic heterocycles. The Balaban J connectivity index is 1.73. The molecule has 1 saturated heterocycles. The van der Waals surface area contributed by atoms with E-state index in [2.05, 4.69) is 5.32 Å². The standard InChI is InChI=1S/C14H25F3N2O/c1-10(2)19(9-14(15,16)17)8-13-6-5-12(20-13)7-18-11-3-4-11/h10-13,18H,3-9H2,1-2H3. The van der Waals surface area contributed by atoms with Gasteiger partial charge in [0.25, 0.3) is 0 Å². The highest BCUT2D eigenvalue weighted by Crippen LogP contribution is 2.25. The van der Waals surface area contributed by atoms with Crippen LogP contribution >= 0.6 is 0 Å². The maximum absolute atomic E-state index is 12.5. The van der Waals surface area contributed by atoms with E-state index in [-0.39, 0.29) is 18.2 Å². The minimum Gasteiger partial charge on any atom is -0.372 e. The second-order valence-corrected chi connectivity index (χ2v) is 6.28. The van der Waals surface area contributed by atoms with E-state index in [1.807, 2.05) is 0 Å². The molecule has 0 aromatic carbocycles. The minimum atomic E-state index is -4.14. The number of alkyl halides is 3. The van der Waals surface area contributed by atoms with Crippen molar-refractivity contribution in [1.82, 2.24) is 10.2 Å². The van der Waals surface area contributed by atoms with Gasteiger partial charge < -0.3 is 10.1 Å². The zero-order valence-corrected chi connectivity index (χ0v) is 12.2. The highest BCUT2D eigenvalue weighted by Gasteiger charge is 2.35. The first-order valence-electron chi connectivity index (χ1n) is 7.53. The van der Waals surface area contributed by atoms with E-state index in [1.54, 1.807) is 13.8 Å². The fourth-order valence-electron chi connectivity index (χ4n) is 2.60. The molecule has 0 radical (unpaired) electrons. The maximum Gasteiger partial charge on any atom is 0.401 e. The number of nitrogens with zero attached hydrogens (tertiary/aromatic N) is 1. The lowest BCUT2D eigenvalue weighted by molar-refractivity contribution is -0.153. The summed E-state index contributed by atoms with van der Waals surface area (Å²) in [4.78, 5) is 1.46. The summed E-state index contributed by atoms with van der Waals surface area (Å²) in [6.45, 7) is 3.95. The Kier molecular flexibility index (Phi) is 5.31. The van der Waals surface area contributed by atoms with Crippen molar-refractivity contribution in [1.29, 1.82) is 0 Å². The largest absolute Gasteiger partial charge is 0.401 e. The highest BCUT2D eigenvalue weighted by atomic mass is 19.4. The number of rotatable bonds is 7. The molecule has 6 heteroatoms. The van der Waals surface area contributed by atoms with E-state index in [0.717, 1.165) is 19.4 Å². The van der Waals surface area contributed by atoms with Gasteiger partial charge in [-0.05, 0) is 39.5 Å². The van der Waals surface area contributed by atoms with E-state index in [4.69, 9.17) is 4.74 Å². The van der Waals surface area contributed by atoms with Gasteiger partial charge in [-0.15, -0.1) is 0 Å². The van der Waals surface area contributed by atoms with Crippen molar-refractivity contribution < 1.29 is 17.9 Å². The van der Waals surface area contributed by atoms with Gasteiger partial charge in [0.15, 0.2) is 0 Å². The average Bonchev–Trinajstić information content (AvgIpc) is 3.04. The van der Waals surface area contributed by atoms with Gasteiger partial charge >= 0.3 is 6.18 Å². The summed E-state index contributed by atoms with van der Waals surface area (Å²) in [7, 11) is 0.